The topological polar surface area (TPSA) is 91.2 Å². The van der Waals surface area contributed by atoms with E-state index in [0.717, 1.165) is 16.5 Å². The second-order valence-corrected chi connectivity index (χ2v) is 6.00. The highest BCUT2D eigenvalue weighted by molar-refractivity contribution is 6.13. The van der Waals surface area contributed by atoms with E-state index in [1.54, 1.807) is 18.1 Å². The predicted molar refractivity (Wildman–Crippen MR) is 88.2 cm³/mol. The summed E-state index contributed by atoms with van der Waals surface area (Å²) in [5, 5.41) is 10.7. The van der Waals surface area contributed by atoms with Crippen molar-refractivity contribution in [2.75, 3.05) is 18.9 Å². The highest BCUT2D eigenvalue weighted by atomic mass is 16.3. The fraction of sp³-hybridized carbons (Fsp3) is 0.235. The number of nitrogens with zero attached hydrogens (tertiary/aromatic N) is 2. The van der Waals surface area contributed by atoms with Crippen LogP contribution in [0.2, 0.25) is 0 Å². The minimum absolute atomic E-state index is 0.183. The van der Waals surface area contributed by atoms with E-state index in [0.29, 0.717) is 30.0 Å². The molecule has 0 spiro atoms. The van der Waals surface area contributed by atoms with Gasteiger partial charge in [-0.05, 0) is 24.6 Å². The molecule has 7 nitrogen and oxygen atoms in total. The molecule has 2 N–H and O–H groups in total. The number of benzene rings is 1. The number of nitrogens with one attached hydrogen (secondary N) is 2. The molecule has 0 atom stereocenters. The van der Waals surface area contributed by atoms with Gasteiger partial charge in [0.15, 0.2) is 0 Å². The number of furan rings is 1. The second-order valence-electron chi connectivity index (χ2n) is 6.00. The Hall–Kier alpha value is -3.09. The third-order valence-corrected chi connectivity index (χ3v) is 4.38. The monoisotopic (exact) mass is 324 g/mol. The van der Waals surface area contributed by atoms with Crippen LogP contribution in [0.5, 0.6) is 0 Å². The molecule has 0 saturated carbocycles. The molecule has 2 amide bonds. The Morgan fingerprint density at radius 3 is 3.08 bits per heavy atom. The molecule has 2 aromatic heterocycles. The Kier molecular flexibility index (Phi) is 3.16. The third kappa shape index (κ3) is 2.17. The first-order valence-corrected chi connectivity index (χ1v) is 7.65. The van der Waals surface area contributed by atoms with Crippen molar-refractivity contribution < 1.29 is 14.0 Å². The zero-order chi connectivity index (χ0) is 16.8. The van der Waals surface area contributed by atoms with E-state index in [1.807, 2.05) is 19.1 Å². The molecule has 1 aromatic carbocycles. The number of hydrogen-bond donors (Lipinski definition) is 2. The minimum atomic E-state index is -0.352. The Morgan fingerprint density at radius 2 is 2.25 bits per heavy atom. The predicted octanol–water partition coefficient (Wildman–Crippen LogP) is 2.34. The van der Waals surface area contributed by atoms with Crippen molar-refractivity contribution in [2.45, 2.75) is 13.3 Å². The number of rotatable bonds is 2. The molecule has 1 aliphatic rings. The average molecular weight is 324 g/mol. The fourth-order valence-corrected chi connectivity index (χ4v) is 2.97. The van der Waals surface area contributed by atoms with Gasteiger partial charge in [0, 0.05) is 31.1 Å². The summed E-state index contributed by atoms with van der Waals surface area (Å²) in [6, 6.07) is 3.77. The molecule has 0 bridgehead atoms. The van der Waals surface area contributed by atoms with Crippen LogP contribution in [0.1, 0.15) is 32.0 Å². The number of fused-ring (bicyclic) bond motifs is 2. The summed E-state index contributed by atoms with van der Waals surface area (Å²) in [6.07, 6.45) is 3.68. The summed E-state index contributed by atoms with van der Waals surface area (Å²) in [6.45, 7) is 2.50. The summed E-state index contributed by atoms with van der Waals surface area (Å²) in [4.78, 5) is 26.6. The average Bonchev–Trinajstić information content (AvgIpc) is 3.17. The smallest absolute Gasteiger partial charge is 0.259 e. The first-order valence-electron chi connectivity index (χ1n) is 7.65. The Morgan fingerprint density at radius 1 is 1.42 bits per heavy atom. The Balaban J connectivity index is 1.68. The zero-order valence-electron chi connectivity index (χ0n) is 13.3. The highest BCUT2D eigenvalue weighted by Crippen LogP contribution is 2.26. The largest absolute Gasteiger partial charge is 0.468 e. The molecule has 0 aliphatic carbocycles. The van der Waals surface area contributed by atoms with Crippen LogP contribution >= 0.6 is 0 Å². The lowest BCUT2D eigenvalue weighted by Gasteiger charge is -2.22. The number of carbonyl (C=O) groups excluding carboxylic acids is 2. The number of aryl methyl sites for hydroxylation is 1. The SMILES string of the molecule is Cc1cc2[nH]ncc2cc1NC(=O)c1coc2c1C(=O)N(C)CC2. The third-order valence-electron chi connectivity index (χ3n) is 4.38. The van der Waals surface area contributed by atoms with E-state index in [-0.39, 0.29) is 17.4 Å². The van der Waals surface area contributed by atoms with E-state index in [1.165, 1.54) is 6.26 Å². The van der Waals surface area contributed by atoms with Gasteiger partial charge in [-0.25, -0.2) is 0 Å². The van der Waals surface area contributed by atoms with Gasteiger partial charge in [0.05, 0.1) is 22.8 Å². The van der Waals surface area contributed by atoms with E-state index in [9.17, 15) is 9.59 Å². The number of aromatic nitrogens is 2. The molecule has 24 heavy (non-hydrogen) atoms. The van der Waals surface area contributed by atoms with Crippen molar-refractivity contribution in [3.8, 4) is 0 Å². The molecule has 1 aliphatic heterocycles. The van der Waals surface area contributed by atoms with Crippen LogP contribution in [0.3, 0.4) is 0 Å². The van der Waals surface area contributed by atoms with Crippen LogP contribution in [0, 0.1) is 6.92 Å². The molecular weight excluding hydrogens is 308 g/mol. The molecule has 3 heterocycles. The lowest BCUT2D eigenvalue weighted by Crippen LogP contribution is -2.34. The standard InChI is InChI=1S/C17H16N4O3/c1-9-5-13-10(7-18-20-13)6-12(9)19-16(22)11-8-24-14-3-4-21(2)17(23)15(11)14/h5-8H,3-4H2,1-2H3,(H,18,20)(H,19,22). The van der Waals surface area contributed by atoms with Gasteiger partial charge in [-0.1, -0.05) is 0 Å². The van der Waals surface area contributed by atoms with Crippen LogP contribution in [0.15, 0.2) is 29.0 Å². The second kappa shape index (κ2) is 5.23. The van der Waals surface area contributed by atoms with Gasteiger partial charge in [-0.3, -0.25) is 14.7 Å². The number of anilines is 1. The maximum Gasteiger partial charge on any atom is 0.259 e. The van der Waals surface area contributed by atoms with Crippen molar-refractivity contribution in [3.05, 3.63) is 47.0 Å². The van der Waals surface area contributed by atoms with E-state index >= 15 is 0 Å². The molecule has 0 fully saturated rings. The number of likely N-dealkylation sites (N-methyl/N-ethyl adjacent to an activating group) is 1. The molecule has 7 heteroatoms. The van der Waals surface area contributed by atoms with Crippen LogP contribution in [-0.2, 0) is 6.42 Å². The van der Waals surface area contributed by atoms with Crippen molar-refractivity contribution in [1.29, 1.82) is 0 Å². The van der Waals surface area contributed by atoms with Crippen LogP contribution in [0.25, 0.3) is 10.9 Å². The minimum Gasteiger partial charge on any atom is -0.468 e. The first kappa shape index (κ1) is 14.5. The maximum absolute atomic E-state index is 12.7. The molecule has 0 unspecified atom stereocenters. The van der Waals surface area contributed by atoms with Crippen molar-refractivity contribution >= 4 is 28.4 Å². The molecular formula is C17H16N4O3. The maximum atomic E-state index is 12.7. The van der Waals surface area contributed by atoms with Gasteiger partial charge < -0.3 is 14.6 Å². The number of hydrogen-bond acceptors (Lipinski definition) is 4. The lowest BCUT2D eigenvalue weighted by molar-refractivity contribution is 0.0770. The Labute approximate surface area is 137 Å². The fourth-order valence-electron chi connectivity index (χ4n) is 2.97. The van der Waals surface area contributed by atoms with Gasteiger partial charge in [0.2, 0.25) is 0 Å². The van der Waals surface area contributed by atoms with Crippen molar-refractivity contribution in [2.24, 2.45) is 0 Å². The molecule has 122 valence electrons. The normalized spacial score (nSPS) is 14.1. The van der Waals surface area contributed by atoms with E-state index < -0.39 is 0 Å². The summed E-state index contributed by atoms with van der Waals surface area (Å²) in [5.41, 5.74) is 3.13. The summed E-state index contributed by atoms with van der Waals surface area (Å²) in [5.74, 6) is 0.0389. The lowest BCUT2D eigenvalue weighted by atomic mass is 10.0. The van der Waals surface area contributed by atoms with Crippen LogP contribution in [0.4, 0.5) is 5.69 Å². The van der Waals surface area contributed by atoms with E-state index in [4.69, 9.17) is 4.42 Å². The number of H-pyrrole nitrogens is 1. The van der Waals surface area contributed by atoms with E-state index in [2.05, 4.69) is 15.5 Å². The summed E-state index contributed by atoms with van der Waals surface area (Å²) < 4.78 is 5.43. The first-order chi connectivity index (χ1) is 11.5. The van der Waals surface area contributed by atoms with Crippen LogP contribution in [-0.4, -0.2) is 40.5 Å². The number of carbonyl (C=O) groups is 2. The van der Waals surface area contributed by atoms with Crippen molar-refractivity contribution in [1.82, 2.24) is 15.1 Å². The number of amides is 2. The van der Waals surface area contributed by atoms with Crippen molar-refractivity contribution in [3.63, 3.8) is 0 Å². The Bertz CT molecular complexity index is 970. The quantitative estimate of drug-likeness (QED) is 0.757. The van der Waals surface area contributed by atoms with Gasteiger partial charge in [0.1, 0.15) is 12.0 Å². The summed E-state index contributed by atoms with van der Waals surface area (Å²) >= 11 is 0. The summed E-state index contributed by atoms with van der Waals surface area (Å²) in [7, 11) is 1.72. The van der Waals surface area contributed by atoms with Gasteiger partial charge >= 0.3 is 0 Å². The van der Waals surface area contributed by atoms with Gasteiger partial charge in [-0.15, -0.1) is 0 Å². The molecule has 0 saturated heterocycles. The van der Waals surface area contributed by atoms with Gasteiger partial charge in [-0.2, -0.15) is 5.10 Å². The molecule has 0 radical (unpaired) electrons. The number of aromatic amines is 1. The highest BCUT2D eigenvalue weighted by Gasteiger charge is 2.31. The molecule has 3 aromatic rings. The molecule has 4 rings (SSSR count). The van der Waals surface area contributed by atoms with Gasteiger partial charge in [0.25, 0.3) is 11.8 Å². The van der Waals surface area contributed by atoms with Crippen LogP contribution < -0.4 is 5.32 Å². The zero-order valence-corrected chi connectivity index (χ0v) is 13.3.